The summed E-state index contributed by atoms with van der Waals surface area (Å²) < 4.78 is 0. The van der Waals surface area contributed by atoms with Gasteiger partial charge in [0.1, 0.15) is 0 Å². The maximum atomic E-state index is 9.39. The average molecular weight is 442 g/mol. The summed E-state index contributed by atoms with van der Waals surface area (Å²) in [5.41, 5.74) is 3.59. The molecule has 2 aromatic carbocycles. The lowest BCUT2D eigenvalue weighted by molar-refractivity contribution is 0.330. The molecule has 0 atom stereocenters. The van der Waals surface area contributed by atoms with Crippen LogP contribution in [-0.2, 0) is 6.54 Å². The normalized spacial score (nSPS) is 13.0. The number of nitrogens with zero attached hydrogens (tertiary/aromatic N) is 4. The molecule has 0 radical (unpaired) electrons. The summed E-state index contributed by atoms with van der Waals surface area (Å²) in [5.74, 6) is 1.38. The van der Waals surface area contributed by atoms with Gasteiger partial charge < -0.3 is 15.3 Å². The molecule has 4 rings (SSSR count). The molecule has 1 aliphatic rings. The minimum Gasteiger partial charge on any atom is -0.392 e. The molecule has 0 saturated carbocycles. The Morgan fingerprint density at radius 1 is 1.20 bits per heavy atom. The zero-order valence-electron chi connectivity index (χ0n) is 16.4. The monoisotopic (exact) mass is 441 g/mol. The molecule has 0 spiro atoms. The molecule has 2 N–H and O–H groups in total. The fraction of sp³-hybridized carbons (Fsp3) is 0.227. The molecule has 1 aromatic heterocycles. The van der Waals surface area contributed by atoms with E-state index in [0.29, 0.717) is 31.1 Å². The van der Waals surface area contributed by atoms with Crippen LogP contribution in [0.1, 0.15) is 11.1 Å². The quantitative estimate of drug-likeness (QED) is 0.434. The summed E-state index contributed by atoms with van der Waals surface area (Å²) in [6.45, 7) is 11.2. The Morgan fingerprint density at radius 2 is 2.03 bits per heavy atom. The first-order valence-corrected chi connectivity index (χ1v) is 9.67. The van der Waals surface area contributed by atoms with Crippen LogP contribution in [0.15, 0.2) is 48.0 Å². The number of fused-ring (bicyclic) bond motifs is 1. The molecule has 2 heterocycles. The molecule has 0 bridgehead atoms. The van der Waals surface area contributed by atoms with Crippen LogP contribution in [0.4, 0.5) is 17.3 Å². The number of aliphatic hydroxyl groups is 1. The first kappa shape index (κ1) is 21.8. The van der Waals surface area contributed by atoms with Crippen LogP contribution in [0.2, 0.25) is 5.02 Å². The highest BCUT2D eigenvalue weighted by molar-refractivity contribution is 6.31. The summed E-state index contributed by atoms with van der Waals surface area (Å²) in [6, 6.07) is 11.5. The smallest absolute Gasteiger partial charge is 0.188 e. The van der Waals surface area contributed by atoms with Crippen molar-refractivity contribution >= 4 is 52.1 Å². The number of anilines is 2. The highest BCUT2D eigenvalue weighted by Crippen LogP contribution is 2.33. The van der Waals surface area contributed by atoms with Gasteiger partial charge in [-0.05, 0) is 35.8 Å². The Hall–Kier alpha value is -2.85. The van der Waals surface area contributed by atoms with Gasteiger partial charge in [-0.3, -0.25) is 0 Å². The first-order valence-electron chi connectivity index (χ1n) is 9.29. The van der Waals surface area contributed by atoms with E-state index in [1.54, 1.807) is 6.07 Å². The fourth-order valence-corrected chi connectivity index (χ4v) is 3.59. The number of aromatic nitrogens is 2. The van der Waals surface area contributed by atoms with Crippen LogP contribution in [-0.4, -0.2) is 35.0 Å². The molecule has 8 heteroatoms. The van der Waals surface area contributed by atoms with Gasteiger partial charge >= 0.3 is 0 Å². The van der Waals surface area contributed by atoms with Crippen molar-refractivity contribution < 1.29 is 5.11 Å². The molecule has 0 unspecified atom stereocenters. The van der Waals surface area contributed by atoms with Gasteiger partial charge in [-0.2, -0.15) is 0 Å². The molecule has 0 amide bonds. The Bertz CT molecular complexity index is 1160. The lowest BCUT2D eigenvalue weighted by atomic mass is 10.1. The standard InChI is InChI=1S/C22H20ClN5O.ClH/c1-14-3-4-15(9-20(14)23)11-25-21-19-10-17(24-2)5-6-18(19)22(27-26-21)28-8-7-16(12-28)13-29;/h3-7,9-10,29H,8,11-13H2,1H3,(H,25,26);1H. The minimum atomic E-state index is 0. The van der Waals surface area contributed by atoms with E-state index in [0.717, 1.165) is 38.3 Å². The fourth-order valence-electron chi connectivity index (χ4n) is 3.38. The van der Waals surface area contributed by atoms with Crippen molar-refractivity contribution in [1.82, 2.24) is 10.2 Å². The molecule has 30 heavy (non-hydrogen) atoms. The van der Waals surface area contributed by atoms with E-state index in [1.807, 2.05) is 43.3 Å². The number of aryl methyl sites for hydroxylation is 1. The van der Waals surface area contributed by atoms with Gasteiger partial charge in [-0.1, -0.05) is 41.9 Å². The Labute approximate surface area is 186 Å². The van der Waals surface area contributed by atoms with Crippen LogP contribution < -0.4 is 10.2 Å². The first-order chi connectivity index (χ1) is 14.1. The number of hydrogen-bond acceptors (Lipinski definition) is 5. The van der Waals surface area contributed by atoms with Gasteiger partial charge in [0.15, 0.2) is 17.3 Å². The maximum absolute atomic E-state index is 9.39. The number of halogens is 2. The molecular weight excluding hydrogens is 421 g/mol. The summed E-state index contributed by atoms with van der Waals surface area (Å²) in [4.78, 5) is 5.62. The van der Waals surface area contributed by atoms with Crippen molar-refractivity contribution in [2.75, 3.05) is 29.9 Å². The molecule has 0 fully saturated rings. The van der Waals surface area contributed by atoms with Crippen molar-refractivity contribution in [2.45, 2.75) is 13.5 Å². The highest BCUT2D eigenvalue weighted by atomic mass is 35.5. The Kier molecular flexibility index (Phi) is 6.78. The van der Waals surface area contributed by atoms with Gasteiger partial charge in [0, 0.05) is 35.4 Å². The zero-order chi connectivity index (χ0) is 20.4. The SMILES string of the molecule is Cl.[C-]#[N+]c1ccc2c(N3CC=C(CO)C3)nnc(NCc3ccc(C)c(Cl)c3)c2c1. The lowest BCUT2D eigenvalue weighted by Crippen LogP contribution is -2.22. The van der Waals surface area contributed by atoms with Crippen molar-refractivity contribution in [3.05, 3.63) is 75.6 Å². The molecule has 154 valence electrons. The molecule has 3 aromatic rings. The largest absolute Gasteiger partial charge is 0.392 e. The number of benzene rings is 2. The van der Waals surface area contributed by atoms with Crippen molar-refractivity contribution in [3.63, 3.8) is 0 Å². The topological polar surface area (TPSA) is 65.6 Å². The van der Waals surface area contributed by atoms with Crippen LogP contribution in [0.25, 0.3) is 15.6 Å². The van der Waals surface area contributed by atoms with Gasteiger partial charge in [0.2, 0.25) is 0 Å². The predicted molar refractivity (Wildman–Crippen MR) is 124 cm³/mol. The van der Waals surface area contributed by atoms with Gasteiger partial charge in [-0.15, -0.1) is 22.6 Å². The molecule has 6 nitrogen and oxygen atoms in total. The van der Waals surface area contributed by atoms with E-state index in [9.17, 15) is 5.11 Å². The van der Waals surface area contributed by atoms with E-state index in [1.165, 1.54) is 0 Å². The van der Waals surface area contributed by atoms with E-state index < -0.39 is 0 Å². The van der Waals surface area contributed by atoms with E-state index in [-0.39, 0.29) is 19.0 Å². The predicted octanol–water partition coefficient (Wildman–Crippen LogP) is 4.92. The maximum Gasteiger partial charge on any atom is 0.188 e. The van der Waals surface area contributed by atoms with Crippen LogP contribution in [0.5, 0.6) is 0 Å². The van der Waals surface area contributed by atoms with Crippen LogP contribution >= 0.6 is 24.0 Å². The third-order valence-corrected chi connectivity index (χ3v) is 5.47. The van der Waals surface area contributed by atoms with Crippen LogP contribution in [0, 0.1) is 13.5 Å². The molecule has 0 saturated heterocycles. The minimum absolute atomic E-state index is 0. The summed E-state index contributed by atoms with van der Waals surface area (Å²) in [5, 5.41) is 24.1. The second-order valence-corrected chi connectivity index (χ2v) is 7.46. The molecule has 1 aliphatic heterocycles. The van der Waals surface area contributed by atoms with E-state index in [4.69, 9.17) is 18.2 Å². The summed E-state index contributed by atoms with van der Waals surface area (Å²) in [6.07, 6.45) is 2.01. The van der Waals surface area contributed by atoms with Gasteiger partial charge in [-0.25, -0.2) is 4.85 Å². The van der Waals surface area contributed by atoms with Gasteiger partial charge in [0.05, 0.1) is 13.2 Å². The Balaban J connectivity index is 0.00000256. The third kappa shape index (κ3) is 4.34. The van der Waals surface area contributed by atoms with Crippen molar-refractivity contribution in [2.24, 2.45) is 0 Å². The third-order valence-electron chi connectivity index (χ3n) is 5.07. The zero-order valence-corrected chi connectivity index (χ0v) is 18.0. The Morgan fingerprint density at radius 3 is 2.73 bits per heavy atom. The molecule has 0 aliphatic carbocycles. The lowest BCUT2D eigenvalue weighted by Gasteiger charge is -2.20. The second kappa shape index (κ2) is 9.31. The number of hydrogen-bond donors (Lipinski definition) is 2. The second-order valence-electron chi connectivity index (χ2n) is 7.05. The van der Waals surface area contributed by atoms with Crippen molar-refractivity contribution in [3.8, 4) is 0 Å². The number of aliphatic hydroxyl groups excluding tert-OH is 1. The van der Waals surface area contributed by atoms with Gasteiger partial charge in [0.25, 0.3) is 0 Å². The summed E-state index contributed by atoms with van der Waals surface area (Å²) in [7, 11) is 0. The van der Waals surface area contributed by atoms with Crippen molar-refractivity contribution in [1.29, 1.82) is 0 Å². The van der Waals surface area contributed by atoms with E-state index in [2.05, 4.69) is 25.3 Å². The molecular formula is C22H21Cl2N5O. The van der Waals surface area contributed by atoms with E-state index >= 15 is 0 Å². The average Bonchev–Trinajstić information content (AvgIpc) is 3.23. The number of rotatable bonds is 5. The highest BCUT2D eigenvalue weighted by Gasteiger charge is 2.19. The van der Waals surface area contributed by atoms with Crippen LogP contribution in [0.3, 0.4) is 0 Å². The summed E-state index contributed by atoms with van der Waals surface area (Å²) >= 11 is 6.23. The number of nitrogens with one attached hydrogen (secondary N) is 1.